The van der Waals surface area contributed by atoms with Crippen molar-refractivity contribution in [2.45, 2.75) is 59.2 Å². The van der Waals surface area contributed by atoms with Gasteiger partial charge in [0.05, 0.1) is 4.47 Å². The van der Waals surface area contributed by atoms with E-state index in [2.05, 4.69) is 21.2 Å². The molecular weight excluding hydrogens is 492 g/mol. The minimum Gasteiger partial charge on any atom is -0.483 e. The van der Waals surface area contributed by atoms with Crippen molar-refractivity contribution in [2.75, 3.05) is 6.61 Å². The lowest BCUT2D eigenvalue weighted by atomic mass is 10.0. The first kappa shape index (κ1) is 25.8. The number of halogens is 1. The molecule has 3 aromatic carbocycles. The van der Waals surface area contributed by atoms with E-state index in [0.29, 0.717) is 18.7 Å². The SMILES string of the molecule is CC[C@H](C(=O)NC(C)(C)C)N(Cc1ccccc1C)C(=O)COc1ccc2ccccc2c1Br. The number of hydrogen-bond donors (Lipinski definition) is 1. The molecular formula is C28H33BrN2O3. The van der Waals surface area contributed by atoms with E-state index in [9.17, 15) is 9.59 Å². The van der Waals surface area contributed by atoms with Gasteiger partial charge in [-0.1, -0.05) is 61.5 Å². The zero-order chi connectivity index (χ0) is 24.9. The number of carbonyl (C=O) groups is 2. The number of benzene rings is 3. The maximum atomic E-state index is 13.5. The molecule has 180 valence electrons. The second-order valence-corrected chi connectivity index (χ2v) is 10.3. The first-order chi connectivity index (χ1) is 16.1. The van der Waals surface area contributed by atoms with E-state index in [4.69, 9.17) is 4.74 Å². The molecule has 1 N–H and O–H groups in total. The van der Waals surface area contributed by atoms with Crippen LogP contribution in [0.5, 0.6) is 5.75 Å². The van der Waals surface area contributed by atoms with Crippen molar-refractivity contribution in [3.8, 4) is 5.75 Å². The highest BCUT2D eigenvalue weighted by Crippen LogP contribution is 2.33. The van der Waals surface area contributed by atoms with Gasteiger partial charge in [-0.25, -0.2) is 0 Å². The van der Waals surface area contributed by atoms with Crippen LogP contribution >= 0.6 is 15.9 Å². The van der Waals surface area contributed by atoms with Crippen molar-refractivity contribution in [3.05, 3.63) is 76.3 Å². The fraction of sp³-hybridized carbons (Fsp3) is 0.357. The summed E-state index contributed by atoms with van der Waals surface area (Å²) in [5.74, 6) is 0.193. The number of carbonyl (C=O) groups excluding carboxylic acids is 2. The van der Waals surface area contributed by atoms with E-state index in [0.717, 1.165) is 26.4 Å². The van der Waals surface area contributed by atoms with E-state index >= 15 is 0 Å². The van der Waals surface area contributed by atoms with Crippen molar-refractivity contribution in [3.63, 3.8) is 0 Å². The highest BCUT2D eigenvalue weighted by atomic mass is 79.9. The van der Waals surface area contributed by atoms with Crippen LogP contribution in [0.4, 0.5) is 0 Å². The molecule has 0 aromatic heterocycles. The van der Waals surface area contributed by atoms with Gasteiger partial charge in [-0.3, -0.25) is 9.59 Å². The van der Waals surface area contributed by atoms with Crippen molar-refractivity contribution < 1.29 is 14.3 Å². The molecule has 3 aromatic rings. The van der Waals surface area contributed by atoms with Gasteiger partial charge in [0, 0.05) is 12.1 Å². The van der Waals surface area contributed by atoms with E-state index in [1.54, 1.807) is 4.90 Å². The zero-order valence-corrected chi connectivity index (χ0v) is 22.1. The summed E-state index contributed by atoms with van der Waals surface area (Å²) in [6, 6.07) is 19.1. The molecule has 0 aliphatic rings. The number of hydrogen-bond acceptors (Lipinski definition) is 3. The average Bonchev–Trinajstić information content (AvgIpc) is 2.78. The zero-order valence-electron chi connectivity index (χ0n) is 20.5. The third-order valence-corrected chi connectivity index (χ3v) is 6.48. The lowest BCUT2D eigenvalue weighted by Gasteiger charge is -2.33. The maximum Gasteiger partial charge on any atom is 0.261 e. The van der Waals surface area contributed by atoms with Crippen LogP contribution in [0.1, 0.15) is 45.2 Å². The molecule has 0 radical (unpaired) electrons. The summed E-state index contributed by atoms with van der Waals surface area (Å²) in [6.45, 7) is 9.91. The summed E-state index contributed by atoms with van der Waals surface area (Å²) in [6.07, 6.45) is 0.499. The molecule has 3 rings (SSSR count). The van der Waals surface area contributed by atoms with Crippen LogP contribution < -0.4 is 10.1 Å². The van der Waals surface area contributed by atoms with E-state index in [-0.39, 0.29) is 18.4 Å². The van der Waals surface area contributed by atoms with Crippen LogP contribution in [0, 0.1) is 6.92 Å². The van der Waals surface area contributed by atoms with Gasteiger partial charge in [0.15, 0.2) is 6.61 Å². The third-order valence-electron chi connectivity index (χ3n) is 5.67. The first-order valence-electron chi connectivity index (χ1n) is 11.6. The monoisotopic (exact) mass is 524 g/mol. The van der Waals surface area contributed by atoms with Gasteiger partial charge in [-0.05, 0) is 78.0 Å². The highest BCUT2D eigenvalue weighted by molar-refractivity contribution is 9.10. The Morgan fingerprint density at radius 2 is 1.71 bits per heavy atom. The molecule has 0 aliphatic heterocycles. The van der Waals surface area contributed by atoms with E-state index < -0.39 is 11.6 Å². The number of ether oxygens (including phenoxy) is 1. The van der Waals surface area contributed by atoms with Crippen molar-refractivity contribution in [1.29, 1.82) is 0 Å². The quantitative estimate of drug-likeness (QED) is 0.392. The molecule has 6 heteroatoms. The number of aryl methyl sites for hydroxylation is 1. The van der Waals surface area contributed by atoms with Crippen LogP contribution in [-0.4, -0.2) is 34.9 Å². The molecule has 0 aliphatic carbocycles. The Hall–Kier alpha value is -2.86. The highest BCUT2D eigenvalue weighted by Gasteiger charge is 2.31. The van der Waals surface area contributed by atoms with E-state index in [1.165, 1.54) is 0 Å². The van der Waals surface area contributed by atoms with Crippen LogP contribution in [0.15, 0.2) is 65.1 Å². The van der Waals surface area contributed by atoms with Crippen LogP contribution in [0.25, 0.3) is 10.8 Å². The molecule has 2 amide bonds. The Morgan fingerprint density at radius 1 is 1.03 bits per heavy atom. The average molecular weight is 525 g/mol. The number of fused-ring (bicyclic) bond motifs is 1. The lowest BCUT2D eigenvalue weighted by Crippen LogP contribution is -2.54. The summed E-state index contributed by atoms with van der Waals surface area (Å²) in [4.78, 5) is 28.3. The predicted octanol–water partition coefficient (Wildman–Crippen LogP) is 6.01. The largest absolute Gasteiger partial charge is 0.483 e. The predicted molar refractivity (Wildman–Crippen MR) is 141 cm³/mol. The second kappa shape index (κ2) is 11.0. The van der Waals surface area contributed by atoms with Gasteiger partial charge in [-0.2, -0.15) is 0 Å². The van der Waals surface area contributed by atoms with Crippen LogP contribution in [0.2, 0.25) is 0 Å². The van der Waals surface area contributed by atoms with Gasteiger partial charge < -0.3 is 15.0 Å². The summed E-state index contributed by atoms with van der Waals surface area (Å²) >= 11 is 3.62. The van der Waals surface area contributed by atoms with Gasteiger partial charge >= 0.3 is 0 Å². The fourth-order valence-electron chi connectivity index (χ4n) is 3.89. The Kier molecular flexibility index (Phi) is 8.37. The summed E-state index contributed by atoms with van der Waals surface area (Å²) in [5.41, 5.74) is 1.68. The van der Waals surface area contributed by atoms with Gasteiger partial charge in [-0.15, -0.1) is 0 Å². The van der Waals surface area contributed by atoms with Gasteiger partial charge in [0.25, 0.3) is 5.91 Å². The molecule has 0 heterocycles. The van der Waals surface area contributed by atoms with Crippen molar-refractivity contribution in [2.24, 2.45) is 0 Å². The minimum atomic E-state index is -0.602. The number of nitrogens with zero attached hydrogens (tertiary/aromatic N) is 1. The third kappa shape index (κ3) is 6.38. The van der Waals surface area contributed by atoms with Crippen LogP contribution in [0.3, 0.4) is 0 Å². The number of rotatable bonds is 8. The molecule has 0 unspecified atom stereocenters. The van der Waals surface area contributed by atoms with Gasteiger partial charge in [0.2, 0.25) is 5.91 Å². The molecule has 1 atom stereocenters. The normalized spacial score (nSPS) is 12.3. The summed E-state index contributed by atoms with van der Waals surface area (Å²) in [5, 5.41) is 5.12. The molecule has 0 fully saturated rings. The molecule has 0 bridgehead atoms. The van der Waals surface area contributed by atoms with E-state index in [1.807, 2.05) is 95.3 Å². The Balaban J connectivity index is 1.86. The smallest absolute Gasteiger partial charge is 0.261 e. The Morgan fingerprint density at radius 3 is 2.38 bits per heavy atom. The first-order valence-corrected chi connectivity index (χ1v) is 12.4. The molecule has 5 nitrogen and oxygen atoms in total. The standard InChI is InChI=1S/C28H33BrN2O3/c1-6-23(27(33)30-28(3,4)5)31(17-21-13-8-7-11-19(21)2)25(32)18-34-24-16-15-20-12-9-10-14-22(20)26(24)29/h7-16,23H,6,17-18H2,1-5H3,(H,30,33)/t23-/m1/s1. The van der Waals surface area contributed by atoms with Gasteiger partial charge in [0.1, 0.15) is 11.8 Å². The number of nitrogens with one attached hydrogen (secondary N) is 1. The maximum absolute atomic E-state index is 13.5. The minimum absolute atomic E-state index is 0.163. The molecule has 0 saturated carbocycles. The summed E-state index contributed by atoms with van der Waals surface area (Å²) in [7, 11) is 0. The molecule has 0 spiro atoms. The second-order valence-electron chi connectivity index (χ2n) is 9.50. The Bertz CT molecular complexity index is 1170. The van der Waals surface area contributed by atoms with Crippen molar-refractivity contribution >= 4 is 38.5 Å². The Labute approximate surface area is 210 Å². The van der Waals surface area contributed by atoms with Crippen molar-refractivity contribution in [1.82, 2.24) is 10.2 Å². The summed E-state index contributed by atoms with van der Waals surface area (Å²) < 4.78 is 6.77. The molecule has 34 heavy (non-hydrogen) atoms. The molecule has 0 saturated heterocycles. The van der Waals surface area contributed by atoms with Crippen LogP contribution in [-0.2, 0) is 16.1 Å². The topological polar surface area (TPSA) is 58.6 Å². The fourth-order valence-corrected chi connectivity index (χ4v) is 4.50. The lowest BCUT2D eigenvalue weighted by molar-refractivity contribution is -0.143. The number of amides is 2.